The lowest BCUT2D eigenvalue weighted by Gasteiger charge is -2.23. The highest BCUT2D eigenvalue weighted by Crippen LogP contribution is 2.32. The van der Waals surface area contributed by atoms with Gasteiger partial charge in [0.15, 0.2) is 17.5 Å². The quantitative estimate of drug-likeness (QED) is 0.160. The maximum atomic E-state index is 14.7. The Kier molecular flexibility index (Phi) is 12.8. The fraction of sp³-hybridized carbons (Fsp3) is 0.600. The van der Waals surface area contributed by atoms with Crippen molar-refractivity contribution in [2.75, 3.05) is 13.7 Å². The lowest BCUT2D eigenvalue weighted by molar-refractivity contribution is 0.0479. The summed E-state index contributed by atoms with van der Waals surface area (Å²) >= 11 is 0. The molecular weight excluding hydrogens is 408 g/mol. The van der Waals surface area contributed by atoms with Crippen LogP contribution in [0.25, 0.3) is 0 Å². The third kappa shape index (κ3) is 9.06. The summed E-state index contributed by atoms with van der Waals surface area (Å²) in [4.78, 5) is 0. The van der Waals surface area contributed by atoms with E-state index in [2.05, 4.69) is 45.6 Å². The van der Waals surface area contributed by atoms with E-state index < -0.39 is 46.3 Å². The summed E-state index contributed by atoms with van der Waals surface area (Å²) in [6.45, 7) is 19.6. The number of hydrogen-bond acceptors (Lipinski definition) is 2. The summed E-state index contributed by atoms with van der Waals surface area (Å²) in [5.74, 6) is -4.61. The normalized spacial score (nSPS) is 17.3. The first-order chi connectivity index (χ1) is 14.3. The van der Waals surface area contributed by atoms with Gasteiger partial charge in [-0.1, -0.05) is 53.7 Å². The first-order valence-corrected chi connectivity index (χ1v) is 10.6. The molecule has 6 heteroatoms. The van der Waals surface area contributed by atoms with Crippen LogP contribution in [-0.4, -0.2) is 19.8 Å². The molecule has 0 saturated carbocycles. The van der Waals surface area contributed by atoms with E-state index in [1.54, 1.807) is 6.92 Å². The van der Waals surface area contributed by atoms with E-state index in [1.165, 1.54) is 6.92 Å². The predicted octanol–water partition coefficient (Wildman–Crippen LogP) is 8.45. The van der Waals surface area contributed by atoms with Gasteiger partial charge in [0.25, 0.3) is 0 Å². The van der Waals surface area contributed by atoms with Crippen molar-refractivity contribution in [3.05, 3.63) is 58.9 Å². The Morgan fingerprint density at radius 2 is 1.32 bits per heavy atom. The molecule has 0 N–H and O–H groups in total. The Morgan fingerprint density at radius 3 is 1.81 bits per heavy atom. The lowest BCUT2D eigenvalue weighted by Crippen LogP contribution is -2.20. The van der Waals surface area contributed by atoms with Gasteiger partial charge in [-0.2, -0.15) is 4.39 Å². The molecule has 0 spiro atoms. The molecule has 0 radical (unpaired) electrons. The smallest absolute Gasteiger partial charge is 0.200 e. The average molecular weight is 447 g/mol. The van der Waals surface area contributed by atoms with Crippen molar-refractivity contribution in [2.45, 2.75) is 67.4 Å². The molecule has 0 amide bonds. The van der Waals surface area contributed by atoms with Crippen LogP contribution in [0.4, 0.5) is 17.6 Å². The number of hydrogen-bond donors (Lipinski definition) is 0. The first-order valence-electron chi connectivity index (χ1n) is 10.6. The van der Waals surface area contributed by atoms with E-state index in [-0.39, 0.29) is 11.5 Å². The number of rotatable bonds is 13. The van der Waals surface area contributed by atoms with Crippen LogP contribution in [0, 0.1) is 17.8 Å². The summed E-state index contributed by atoms with van der Waals surface area (Å²) in [7, 11) is 1.11. The Hall–Kier alpha value is -1.82. The van der Waals surface area contributed by atoms with Crippen LogP contribution in [0.15, 0.2) is 58.9 Å². The maximum Gasteiger partial charge on any atom is 0.200 e. The van der Waals surface area contributed by atoms with Crippen molar-refractivity contribution in [3.63, 3.8) is 0 Å². The summed E-state index contributed by atoms with van der Waals surface area (Å²) in [5.41, 5.74) is -1.06. The van der Waals surface area contributed by atoms with Crippen LogP contribution < -0.4 is 0 Å². The van der Waals surface area contributed by atoms with Crippen molar-refractivity contribution < 1.29 is 27.0 Å². The fourth-order valence-electron chi connectivity index (χ4n) is 2.62. The number of allylic oxidation sites excluding steroid dienone is 6. The minimum Gasteiger partial charge on any atom is -0.494 e. The lowest BCUT2D eigenvalue weighted by atomic mass is 9.89. The summed E-state index contributed by atoms with van der Waals surface area (Å²) in [6, 6.07) is 0. The Bertz CT molecular complexity index is 732. The summed E-state index contributed by atoms with van der Waals surface area (Å²) < 4.78 is 67.6. The second kappa shape index (κ2) is 13.6. The van der Waals surface area contributed by atoms with Gasteiger partial charge in [0.1, 0.15) is 5.76 Å². The van der Waals surface area contributed by atoms with Crippen LogP contribution in [0.3, 0.4) is 0 Å². The molecule has 0 aromatic carbocycles. The van der Waals surface area contributed by atoms with Gasteiger partial charge >= 0.3 is 0 Å². The molecule has 0 bridgehead atoms. The summed E-state index contributed by atoms with van der Waals surface area (Å²) in [5, 5.41) is 0. The molecule has 0 aromatic rings. The van der Waals surface area contributed by atoms with Gasteiger partial charge in [0.2, 0.25) is 5.83 Å². The van der Waals surface area contributed by atoms with E-state index in [9.17, 15) is 17.6 Å². The Balaban J connectivity index is 5.36. The molecule has 0 aromatic heterocycles. The van der Waals surface area contributed by atoms with Crippen LogP contribution >= 0.6 is 0 Å². The molecule has 0 fully saturated rings. The van der Waals surface area contributed by atoms with E-state index in [4.69, 9.17) is 4.74 Å². The highest BCUT2D eigenvalue weighted by Gasteiger charge is 2.22. The SMILES string of the molecule is C=C(OC)/C(F)=C(/F)C(=C)/C(C)=C(F)/C(F)=C(\C)C(C)OCC(C)C(C)CCC(C)C. The van der Waals surface area contributed by atoms with Gasteiger partial charge < -0.3 is 9.47 Å². The zero-order valence-electron chi connectivity index (χ0n) is 20.2. The van der Waals surface area contributed by atoms with E-state index in [0.29, 0.717) is 18.4 Å². The topological polar surface area (TPSA) is 18.5 Å². The molecule has 0 aliphatic carbocycles. The average Bonchev–Trinajstić information content (AvgIpc) is 2.76. The van der Waals surface area contributed by atoms with Crippen LogP contribution in [0.2, 0.25) is 0 Å². The highest BCUT2D eigenvalue weighted by molar-refractivity contribution is 5.48. The zero-order valence-corrected chi connectivity index (χ0v) is 20.2. The molecule has 31 heavy (non-hydrogen) atoms. The van der Waals surface area contributed by atoms with Crippen molar-refractivity contribution in [1.29, 1.82) is 0 Å². The third-order valence-corrected chi connectivity index (χ3v) is 5.66. The van der Waals surface area contributed by atoms with Gasteiger partial charge in [-0.25, -0.2) is 13.2 Å². The Morgan fingerprint density at radius 1 is 0.774 bits per heavy atom. The minimum atomic E-state index is -1.46. The minimum absolute atomic E-state index is 0.0258. The summed E-state index contributed by atoms with van der Waals surface area (Å²) in [6.07, 6.45) is 1.51. The van der Waals surface area contributed by atoms with Crippen molar-refractivity contribution >= 4 is 0 Å². The van der Waals surface area contributed by atoms with Gasteiger partial charge in [0.05, 0.1) is 19.8 Å². The molecule has 3 unspecified atom stereocenters. The standard InChI is InChI=1S/C25H38F4O2/c1-14(2)11-12-15(3)16(4)13-31-20(8)19(7)24(28)22(26)17(5)18(6)23(27)25(29)21(9)30-10/h14-16,20H,6,9,11-13H2,1-5,7-8,10H3/b22-17-,24-19-,25-23-. The molecule has 0 saturated heterocycles. The predicted molar refractivity (Wildman–Crippen MR) is 120 cm³/mol. The van der Waals surface area contributed by atoms with E-state index in [0.717, 1.165) is 26.9 Å². The molecule has 3 atom stereocenters. The monoisotopic (exact) mass is 446 g/mol. The van der Waals surface area contributed by atoms with Crippen molar-refractivity contribution in [3.8, 4) is 0 Å². The van der Waals surface area contributed by atoms with E-state index in [1.807, 2.05) is 0 Å². The van der Waals surface area contributed by atoms with Crippen LogP contribution in [0.1, 0.15) is 61.3 Å². The maximum absolute atomic E-state index is 14.7. The molecule has 0 rings (SSSR count). The number of ether oxygens (including phenoxy) is 2. The highest BCUT2D eigenvalue weighted by atomic mass is 19.2. The zero-order chi connectivity index (χ0) is 24.5. The number of halogens is 4. The molecule has 0 aliphatic heterocycles. The molecule has 178 valence electrons. The third-order valence-electron chi connectivity index (χ3n) is 5.66. The van der Waals surface area contributed by atoms with Crippen molar-refractivity contribution in [2.24, 2.45) is 17.8 Å². The van der Waals surface area contributed by atoms with Gasteiger partial charge in [-0.05, 0) is 49.7 Å². The fourth-order valence-corrected chi connectivity index (χ4v) is 2.62. The molecule has 2 nitrogen and oxygen atoms in total. The second-order valence-electron chi connectivity index (χ2n) is 8.57. The molecular formula is C25H38F4O2. The second-order valence-corrected chi connectivity index (χ2v) is 8.57. The van der Waals surface area contributed by atoms with Crippen LogP contribution in [0.5, 0.6) is 0 Å². The van der Waals surface area contributed by atoms with Crippen molar-refractivity contribution in [1.82, 2.24) is 0 Å². The van der Waals surface area contributed by atoms with Gasteiger partial charge in [-0.15, -0.1) is 0 Å². The Labute approximate surface area is 185 Å². The van der Waals surface area contributed by atoms with E-state index >= 15 is 0 Å². The van der Waals surface area contributed by atoms with Crippen LogP contribution in [-0.2, 0) is 9.47 Å². The molecule has 0 aliphatic rings. The first kappa shape index (κ1) is 29.2. The number of methoxy groups -OCH3 is 1. The largest absolute Gasteiger partial charge is 0.494 e. The molecule has 0 heterocycles. The van der Waals surface area contributed by atoms with Gasteiger partial charge in [0, 0.05) is 5.57 Å². The van der Waals surface area contributed by atoms with Gasteiger partial charge in [-0.3, -0.25) is 0 Å².